The molecule has 100 valence electrons. The SMILES string of the molecule is CN(Cc1cscn1)C(=O)C1CCCCCC1N. The van der Waals surface area contributed by atoms with Crippen LogP contribution in [0.15, 0.2) is 10.9 Å². The number of nitrogens with two attached hydrogens (primary N) is 1. The topological polar surface area (TPSA) is 59.2 Å². The Hall–Kier alpha value is -0.940. The lowest BCUT2D eigenvalue weighted by Crippen LogP contribution is -2.42. The van der Waals surface area contributed by atoms with Gasteiger partial charge in [0.1, 0.15) is 0 Å². The molecule has 0 radical (unpaired) electrons. The highest BCUT2D eigenvalue weighted by Crippen LogP contribution is 2.24. The first-order chi connectivity index (χ1) is 8.68. The summed E-state index contributed by atoms with van der Waals surface area (Å²) in [5.74, 6) is 0.175. The van der Waals surface area contributed by atoms with Gasteiger partial charge in [0.25, 0.3) is 0 Å². The Morgan fingerprint density at radius 2 is 2.28 bits per heavy atom. The molecule has 4 nitrogen and oxygen atoms in total. The minimum Gasteiger partial charge on any atom is -0.340 e. The first kappa shape index (κ1) is 13.5. The molecule has 1 saturated carbocycles. The molecule has 2 unspecified atom stereocenters. The van der Waals surface area contributed by atoms with Crippen LogP contribution in [0.2, 0.25) is 0 Å². The van der Waals surface area contributed by atoms with Crippen molar-refractivity contribution >= 4 is 17.2 Å². The first-order valence-corrected chi connectivity index (χ1v) is 7.50. The van der Waals surface area contributed by atoms with E-state index in [1.54, 1.807) is 21.7 Å². The van der Waals surface area contributed by atoms with Crippen LogP contribution >= 0.6 is 11.3 Å². The van der Waals surface area contributed by atoms with Crippen LogP contribution in [0.25, 0.3) is 0 Å². The minimum atomic E-state index is -0.00358. The summed E-state index contributed by atoms with van der Waals surface area (Å²) in [4.78, 5) is 18.4. The third-order valence-electron chi connectivity index (χ3n) is 3.65. The Bertz CT molecular complexity index is 380. The number of aromatic nitrogens is 1. The highest BCUT2D eigenvalue weighted by Gasteiger charge is 2.29. The van der Waals surface area contributed by atoms with Crippen LogP contribution in [-0.2, 0) is 11.3 Å². The number of hydrogen-bond donors (Lipinski definition) is 1. The lowest BCUT2D eigenvalue weighted by Gasteiger charge is -2.26. The van der Waals surface area contributed by atoms with E-state index in [4.69, 9.17) is 5.73 Å². The summed E-state index contributed by atoms with van der Waals surface area (Å²) in [5.41, 5.74) is 8.88. The van der Waals surface area contributed by atoms with Gasteiger partial charge in [-0.05, 0) is 12.8 Å². The van der Waals surface area contributed by atoms with Crippen molar-refractivity contribution in [2.45, 2.75) is 44.7 Å². The second kappa shape index (κ2) is 6.29. The largest absolute Gasteiger partial charge is 0.340 e. The van der Waals surface area contributed by atoms with E-state index in [1.807, 2.05) is 12.4 Å². The fraction of sp³-hybridized carbons (Fsp3) is 0.692. The Morgan fingerprint density at radius 3 is 3.00 bits per heavy atom. The molecule has 0 saturated heterocycles. The zero-order chi connectivity index (χ0) is 13.0. The van der Waals surface area contributed by atoms with Crippen LogP contribution in [0.5, 0.6) is 0 Å². The molecule has 1 aliphatic rings. The van der Waals surface area contributed by atoms with Crippen molar-refractivity contribution in [3.63, 3.8) is 0 Å². The molecule has 0 aromatic carbocycles. The predicted molar refractivity (Wildman–Crippen MR) is 73.1 cm³/mol. The molecular formula is C13H21N3OS. The molecule has 1 fully saturated rings. The maximum absolute atomic E-state index is 12.4. The molecule has 5 heteroatoms. The highest BCUT2D eigenvalue weighted by atomic mass is 32.1. The van der Waals surface area contributed by atoms with Gasteiger partial charge < -0.3 is 10.6 Å². The molecular weight excluding hydrogens is 246 g/mol. The van der Waals surface area contributed by atoms with E-state index in [0.29, 0.717) is 6.54 Å². The maximum Gasteiger partial charge on any atom is 0.227 e. The van der Waals surface area contributed by atoms with Gasteiger partial charge in [-0.2, -0.15) is 0 Å². The van der Waals surface area contributed by atoms with Crippen LogP contribution in [0.1, 0.15) is 37.8 Å². The second-order valence-corrected chi connectivity index (χ2v) is 5.80. The number of carbonyl (C=O) groups is 1. The number of nitrogens with zero attached hydrogens (tertiary/aromatic N) is 2. The van der Waals surface area contributed by atoms with Gasteiger partial charge in [0.15, 0.2) is 0 Å². The molecule has 0 spiro atoms. The van der Waals surface area contributed by atoms with Gasteiger partial charge in [0.05, 0.1) is 23.7 Å². The lowest BCUT2D eigenvalue weighted by atomic mass is 9.94. The Labute approximate surface area is 112 Å². The molecule has 1 heterocycles. The maximum atomic E-state index is 12.4. The van der Waals surface area contributed by atoms with Crippen molar-refractivity contribution in [3.05, 3.63) is 16.6 Å². The summed E-state index contributed by atoms with van der Waals surface area (Å²) in [6.45, 7) is 0.589. The van der Waals surface area contributed by atoms with Crippen molar-refractivity contribution in [2.24, 2.45) is 11.7 Å². The van der Waals surface area contributed by atoms with Crippen LogP contribution in [0.3, 0.4) is 0 Å². The smallest absolute Gasteiger partial charge is 0.227 e. The fourth-order valence-electron chi connectivity index (χ4n) is 2.56. The Kier molecular flexibility index (Phi) is 4.72. The summed E-state index contributed by atoms with van der Waals surface area (Å²) in [6.07, 6.45) is 5.38. The van der Waals surface area contributed by atoms with E-state index in [2.05, 4.69) is 4.98 Å². The molecule has 18 heavy (non-hydrogen) atoms. The van der Waals surface area contributed by atoms with Gasteiger partial charge in [-0.3, -0.25) is 4.79 Å². The van der Waals surface area contributed by atoms with E-state index in [-0.39, 0.29) is 17.9 Å². The van der Waals surface area contributed by atoms with E-state index in [0.717, 1.165) is 31.4 Å². The molecule has 1 amide bonds. The van der Waals surface area contributed by atoms with Gasteiger partial charge in [-0.15, -0.1) is 11.3 Å². The third kappa shape index (κ3) is 3.29. The monoisotopic (exact) mass is 267 g/mol. The Morgan fingerprint density at radius 1 is 1.50 bits per heavy atom. The number of rotatable bonds is 3. The predicted octanol–water partition coefficient (Wildman–Crippen LogP) is 2.01. The van der Waals surface area contributed by atoms with Crippen LogP contribution in [0, 0.1) is 5.92 Å². The molecule has 2 atom stereocenters. The summed E-state index contributed by atoms with van der Waals surface area (Å²) < 4.78 is 0. The summed E-state index contributed by atoms with van der Waals surface area (Å²) >= 11 is 1.56. The van der Waals surface area contributed by atoms with E-state index in [1.165, 1.54) is 6.42 Å². The van der Waals surface area contributed by atoms with Gasteiger partial charge in [0, 0.05) is 18.5 Å². The van der Waals surface area contributed by atoms with Crippen LogP contribution in [-0.4, -0.2) is 28.9 Å². The molecule has 1 aromatic heterocycles. The van der Waals surface area contributed by atoms with E-state index in [9.17, 15) is 4.79 Å². The van der Waals surface area contributed by atoms with Crippen molar-refractivity contribution < 1.29 is 4.79 Å². The van der Waals surface area contributed by atoms with Gasteiger partial charge in [-0.25, -0.2) is 4.98 Å². The molecule has 0 bridgehead atoms. The van der Waals surface area contributed by atoms with Gasteiger partial charge >= 0.3 is 0 Å². The number of amides is 1. The van der Waals surface area contributed by atoms with Crippen LogP contribution in [0.4, 0.5) is 0 Å². The van der Waals surface area contributed by atoms with Gasteiger partial charge in [-0.1, -0.05) is 19.3 Å². The average molecular weight is 267 g/mol. The zero-order valence-corrected chi connectivity index (χ0v) is 11.7. The van der Waals surface area contributed by atoms with Gasteiger partial charge in [0.2, 0.25) is 5.91 Å². The number of carbonyl (C=O) groups excluding carboxylic acids is 1. The van der Waals surface area contributed by atoms with E-state index >= 15 is 0 Å². The minimum absolute atomic E-state index is 0.00358. The molecule has 0 aliphatic heterocycles. The normalized spacial score (nSPS) is 24.6. The fourth-order valence-corrected chi connectivity index (χ4v) is 3.11. The zero-order valence-electron chi connectivity index (χ0n) is 10.8. The molecule has 1 aromatic rings. The highest BCUT2D eigenvalue weighted by molar-refractivity contribution is 7.07. The summed E-state index contributed by atoms with van der Waals surface area (Å²) in [6, 6.07) is 0.0258. The standard InChI is InChI=1S/C13H21N3OS/c1-16(7-10-8-18-9-15-10)13(17)11-5-3-2-4-6-12(11)14/h8-9,11-12H,2-7,14H2,1H3. The molecule has 1 aliphatic carbocycles. The second-order valence-electron chi connectivity index (χ2n) is 5.08. The summed E-state index contributed by atoms with van der Waals surface area (Å²) in [5, 5.41) is 1.98. The van der Waals surface area contributed by atoms with E-state index < -0.39 is 0 Å². The molecule has 2 rings (SSSR count). The van der Waals surface area contributed by atoms with Crippen molar-refractivity contribution in [1.29, 1.82) is 0 Å². The Balaban J connectivity index is 1.96. The first-order valence-electron chi connectivity index (χ1n) is 6.56. The number of thiazole rings is 1. The van der Waals surface area contributed by atoms with Crippen molar-refractivity contribution in [1.82, 2.24) is 9.88 Å². The number of hydrogen-bond acceptors (Lipinski definition) is 4. The average Bonchev–Trinajstić information content (AvgIpc) is 2.76. The summed E-state index contributed by atoms with van der Waals surface area (Å²) in [7, 11) is 1.85. The quantitative estimate of drug-likeness (QED) is 0.852. The third-order valence-corrected chi connectivity index (χ3v) is 4.28. The van der Waals surface area contributed by atoms with Crippen molar-refractivity contribution in [2.75, 3.05) is 7.05 Å². The van der Waals surface area contributed by atoms with Crippen molar-refractivity contribution in [3.8, 4) is 0 Å². The van der Waals surface area contributed by atoms with Crippen LogP contribution < -0.4 is 5.73 Å². The lowest BCUT2D eigenvalue weighted by molar-refractivity contribution is -0.135. The molecule has 2 N–H and O–H groups in total.